The van der Waals surface area contributed by atoms with Crippen molar-refractivity contribution < 1.29 is 14.7 Å². The number of carbonyl (C=O) groups is 2. The number of amides is 1. The average Bonchev–Trinajstić information content (AvgIpc) is 2.88. The van der Waals surface area contributed by atoms with Gasteiger partial charge in [0.25, 0.3) is 5.91 Å². The van der Waals surface area contributed by atoms with Gasteiger partial charge in [-0.15, -0.1) is 11.3 Å². The molecule has 1 amide bonds. The van der Waals surface area contributed by atoms with Crippen molar-refractivity contribution >= 4 is 23.2 Å². The highest BCUT2D eigenvalue weighted by Crippen LogP contribution is 2.18. The number of carboxylic acid groups (broad SMARTS) is 1. The number of aliphatic carboxylic acids is 1. The minimum atomic E-state index is -0.756. The van der Waals surface area contributed by atoms with Crippen LogP contribution in [-0.4, -0.2) is 47.1 Å². The lowest BCUT2D eigenvalue weighted by Gasteiger charge is -2.35. The molecule has 0 aromatic carbocycles. The molecule has 0 aliphatic carbocycles. The molecule has 1 atom stereocenters. The van der Waals surface area contributed by atoms with Crippen LogP contribution in [0.15, 0.2) is 12.1 Å². The van der Waals surface area contributed by atoms with E-state index in [-0.39, 0.29) is 11.9 Å². The number of hydrogen-bond donors (Lipinski definition) is 2. The zero-order chi connectivity index (χ0) is 15.4. The number of likely N-dealkylation sites (tertiary alicyclic amines) is 1. The van der Waals surface area contributed by atoms with Gasteiger partial charge in [-0.05, 0) is 38.3 Å². The minimum Gasteiger partial charge on any atom is -0.480 e. The Morgan fingerprint density at radius 1 is 1.43 bits per heavy atom. The molecule has 2 heterocycles. The van der Waals surface area contributed by atoms with Crippen LogP contribution < -0.4 is 5.32 Å². The molecule has 1 aromatic heterocycles. The highest BCUT2D eigenvalue weighted by molar-refractivity contribution is 7.13. The number of piperidine rings is 1. The summed E-state index contributed by atoms with van der Waals surface area (Å²) >= 11 is 1.50. The molecule has 1 aliphatic rings. The SMILES string of the molecule is CCC(C(=O)O)N1CCC(NC(=O)c2ccc(C)s2)CC1. The lowest BCUT2D eigenvalue weighted by molar-refractivity contribution is -0.143. The Kier molecular flexibility index (Phi) is 5.36. The van der Waals surface area contributed by atoms with Gasteiger partial charge < -0.3 is 10.4 Å². The second-order valence-electron chi connectivity index (χ2n) is 5.46. The van der Waals surface area contributed by atoms with Crippen molar-refractivity contribution in [2.24, 2.45) is 0 Å². The summed E-state index contributed by atoms with van der Waals surface area (Å²) in [6.45, 7) is 5.32. The highest BCUT2D eigenvalue weighted by Gasteiger charge is 2.29. The molecule has 0 bridgehead atoms. The Balaban J connectivity index is 1.84. The van der Waals surface area contributed by atoms with Gasteiger partial charge in [-0.2, -0.15) is 0 Å². The number of aryl methyl sites for hydroxylation is 1. The second kappa shape index (κ2) is 7.04. The molecule has 6 heteroatoms. The van der Waals surface area contributed by atoms with Crippen LogP contribution in [0.25, 0.3) is 0 Å². The van der Waals surface area contributed by atoms with Crippen LogP contribution in [-0.2, 0) is 4.79 Å². The molecular weight excluding hydrogens is 288 g/mol. The van der Waals surface area contributed by atoms with Crippen LogP contribution >= 0.6 is 11.3 Å². The Labute approximate surface area is 129 Å². The number of carboxylic acids is 1. The molecule has 1 unspecified atom stereocenters. The van der Waals surface area contributed by atoms with Gasteiger partial charge in [0.05, 0.1) is 4.88 Å². The number of nitrogens with one attached hydrogen (secondary N) is 1. The molecule has 0 radical (unpaired) electrons. The molecule has 2 rings (SSSR count). The van der Waals surface area contributed by atoms with Crippen molar-refractivity contribution in [3.63, 3.8) is 0 Å². The van der Waals surface area contributed by atoms with Gasteiger partial charge in [0.15, 0.2) is 0 Å². The van der Waals surface area contributed by atoms with Crippen molar-refractivity contribution in [3.05, 3.63) is 21.9 Å². The van der Waals surface area contributed by atoms with Crippen molar-refractivity contribution in [3.8, 4) is 0 Å². The third kappa shape index (κ3) is 4.04. The lowest BCUT2D eigenvalue weighted by Crippen LogP contribution is -2.50. The summed E-state index contributed by atoms with van der Waals surface area (Å²) in [7, 11) is 0. The first kappa shape index (κ1) is 16.0. The zero-order valence-corrected chi connectivity index (χ0v) is 13.3. The maximum Gasteiger partial charge on any atom is 0.320 e. The van der Waals surface area contributed by atoms with Crippen LogP contribution in [0, 0.1) is 6.92 Å². The molecule has 116 valence electrons. The summed E-state index contributed by atoms with van der Waals surface area (Å²) in [5.74, 6) is -0.772. The molecule has 1 aromatic rings. The Bertz CT molecular complexity index is 507. The Morgan fingerprint density at radius 3 is 2.57 bits per heavy atom. The smallest absolute Gasteiger partial charge is 0.320 e. The summed E-state index contributed by atoms with van der Waals surface area (Å²) in [5.41, 5.74) is 0. The summed E-state index contributed by atoms with van der Waals surface area (Å²) in [4.78, 5) is 27.1. The van der Waals surface area contributed by atoms with E-state index in [0.717, 1.165) is 35.7 Å². The van der Waals surface area contributed by atoms with Gasteiger partial charge in [0.1, 0.15) is 6.04 Å². The van der Waals surface area contributed by atoms with Crippen LogP contribution in [0.1, 0.15) is 40.7 Å². The van der Waals surface area contributed by atoms with E-state index in [9.17, 15) is 14.7 Å². The van der Waals surface area contributed by atoms with Gasteiger partial charge in [0, 0.05) is 24.0 Å². The number of carbonyl (C=O) groups excluding carboxylic acids is 1. The maximum absolute atomic E-state index is 12.1. The van der Waals surface area contributed by atoms with Crippen LogP contribution in [0.2, 0.25) is 0 Å². The third-order valence-corrected chi connectivity index (χ3v) is 4.94. The normalized spacial score (nSPS) is 18.4. The minimum absolute atomic E-state index is 0.0168. The number of thiophene rings is 1. The fourth-order valence-electron chi connectivity index (χ4n) is 2.76. The van der Waals surface area contributed by atoms with Gasteiger partial charge in [0.2, 0.25) is 0 Å². The summed E-state index contributed by atoms with van der Waals surface area (Å²) < 4.78 is 0. The summed E-state index contributed by atoms with van der Waals surface area (Å²) in [6.07, 6.45) is 2.22. The van der Waals surface area contributed by atoms with E-state index >= 15 is 0 Å². The van der Waals surface area contributed by atoms with Crippen LogP contribution in [0.5, 0.6) is 0 Å². The first-order valence-electron chi connectivity index (χ1n) is 7.35. The number of nitrogens with zero attached hydrogens (tertiary/aromatic N) is 1. The van der Waals surface area contributed by atoms with Gasteiger partial charge in [-0.25, -0.2) is 0 Å². The van der Waals surface area contributed by atoms with Crippen molar-refractivity contribution in [2.45, 2.75) is 45.2 Å². The molecule has 2 N–H and O–H groups in total. The van der Waals surface area contributed by atoms with E-state index < -0.39 is 12.0 Å². The molecule has 21 heavy (non-hydrogen) atoms. The van der Waals surface area contributed by atoms with Crippen molar-refractivity contribution in [2.75, 3.05) is 13.1 Å². The number of hydrogen-bond acceptors (Lipinski definition) is 4. The van der Waals surface area contributed by atoms with Gasteiger partial charge in [-0.3, -0.25) is 14.5 Å². The molecular formula is C15H22N2O3S. The first-order valence-corrected chi connectivity index (χ1v) is 8.17. The average molecular weight is 310 g/mol. The zero-order valence-electron chi connectivity index (χ0n) is 12.5. The molecule has 1 saturated heterocycles. The summed E-state index contributed by atoms with van der Waals surface area (Å²) in [6, 6.07) is 3.53. The van der Waals surface area contributed by atoms with E-state index in [2.05, 4.69) is 5.32 Å². The van der Waals surface area contributed by atoms with E-state index in [1.54, 1.807) is 0 Å². The Hall–Kier alpha value is -1.40. The molecule has 1 fully saturated rings. The van der Waals surface area contributed by atoms with E-state index in [0.29, 0.717) is 6.42 Å². The van der Waals surface area contributed by atoms with E-state index in [1.165, 1.54) is 11.3 Å². The van der Waals surface area contributed by atoms with Gasteiger partial charge in [-0.1, -0.05) is 6.92 Å². The molecule has 0 saturated carbocycles. The molecule has 0 spiro atoms. The second-order valence-corrected chi connectivity index (χ2v) is 6.74. The van der Waals surface area contributed by atoms with Crippen LogP contribution in [0.4, 0.5) is 0 Å². The van der Waals surface area contributed by atoms with Crippen LogP contribution in [0.3, 0.4) is 0 Å². The maximum atomic E-state index is 12.1. The van der Waals surface area contributed by atoms with Crippen molar-refractivity contribution in [1.29, 1.82) is 0 Å². The predicted molar refractivity (Wildman–Crippen MR) is 82.8 cm³/mol. The monoisotopic (exact) mass is 310 g/mol. The van der Waals surface area contributed by atoms with Gasteiger partial charge >= 0.3 is 5.97 Å². The third-order valence-electron chi connectivity index (χ3n) is 3.94. The number of rotatable bonds is 5. The molecule has 5 nitrogen and oxygen atoms in total. The fraction of sp³-hybridized carbons (Fsp3) is 0.600. The topological polar surface area (TPSA) is 69.6 Å². The lowest BCUT2D eigenvalue weighted by atomic mass is 10.0. The highest BCUT2D eigenvalue weighted by atomic mass is 32.1. The molecule has 1 aliphatic heterocycles. The largest absolute Gasteiger partial charge is 0.480 e. The van der Waals surface area contributed by atoms with Crippen molar-refractivity contribution in [1.82, 2.24) is 10.2 Å². The standard InChI is InChI=1S/C15H22N2O3S/c1-3-12(15(19)20)17-8-6-11(7-9-17)16-14(18)13-5-4-10(2)21-13/h4-5,11-12H,3,6-9H2,1-2H3,(H,16,18)(H,19,20). The Morgan fingerprint density at radius 2 is 2.10 bits per heavy atom. The van der Waals surface area contributed by atoms with E-state index in [1.807, 2.05) is 30.9 Å². The first-order chi connectivity index (χ1) is 10.0. The fourth-order valence-corrected chi connectivity index (χ4v) is 3.53. The summed E-state index contributed by atoms with van der Waals surface area (Å²) in [5, 5.41) is 12.2. The quantitative estimate of drug-likeness (QED) is 0.874. The predicted octanol–water partition coefficient (Wildman–Crippen LogP) is 2.11. The van der Waals surface area contributed by atoms with E-state index in [4.69, 9.17) is 0 Å².